The fourth-order valence-electron chi connectivity index (χ4n) is 0.800. The lowest BCUT2D eigenvalue weighted by Gasteiger charge is -1.99. The van der Waals surface area contributed by atoms with Gasteiger partial charge in [-0.25, -0.2) is 4.98 Å². The van der Waals surface area contributed by atoms with Crippen molar-refractivity contribution in [1.29, 1.82) is 0 Å². The molecule has 0 saturated carbocycles. The molecule has 0 radical (unpaired) electrons. The average molecular weight is 168 g/mol. The van der Waals surface area contributed by atoms with Crippen LogP contribution in [0.1, 0.15) is 24.8 Å². The van der Waals surface area contributed by atoms with Gasteiger partial charge in [-0.2, -0.15) is 0 Å². The number of aryl methyl sites for hydroxylation is 1. The highest BCUT2D eigenvalue weighted by Gasteiger charge is 2.03. The Morgan fingerprint density at radius 3 is 3.00 bits per heavy atom. The maximum absolute atomic E-state index is 10.8. The first-order valence-corrected chi connectivity index (χ1v) is 3.89. The highest BCUT2D eigenvalue weighted by atomic mass is 16.3. The van der Waals surface area contributed by atoms with Crippen LogP contribution >= 0.6 is 0 Å². The van der Waals surface area contributed by atoms with Crippen molar-refractivity contribution in [3.8, 4) is 0 Å². The predicted octanol–water partition coefficient (Wildman–Crippen LogP) is 1.01. The van der Waals surface area contributed by atoms with E-state index < -0.39 is 0 Å². The summed E-state index contributed by atoms with van der Waals surface area (Å²) < 4.78 is 5.03. The number of hydrogen-bond acceptors (Lipinski definition) is 3. The number of aromatic nitrogens is 1. The quantitative estimate of drug-likeness (QED) is 0.732. The van der Waals surface area contributed by atoms with Crippen LogP contribution in [0.2, 0.25) is 0 Å². The van der Waals surface area contributed by atoms with Crippen molar-refractivity contribution in [3.05, 3.63) is 17.8 Å². The molecule has 12 heavy (non-hydrogen) atoms. The molecule has 0 aliphatic carbocycles. The minimum absolute atomic E-state index is 0.0193. The molecular weight excluding hydrogens is 156 g/mol. The molecule has 0 aliphatic rings. The van der Waals surface area contributed by atoms with E-state index in [-0.39, 0.29) is 5.91 Å². The van der Waals surface area contributed by atoms with Crippen molar-refractivity contribution >= 4 is 5.91 Å². The summed E-state index contributed by atoms with van der Waals surface area (Å²) in [7, 11) is 0. The highest BCUT2D eigenvalue weighted by Crippen LogP contribution is 2.03. The predicted molar refractivity (Wildman–Crippen MR) is 43.4 cm³/mol. The molecule has 0 unspecified atom stereocenters. The molecule has 0 aliphatic heterocycles. The average Bonchev–Trinajstić information content (AvgIpc) is 2.47. The number of nitrogens with one attached hydrogen (secondary N) is 1. The summed E-state index contributed by atoms with van der Waals surface area (Å²) in [4.78, 5) is 14.7. The summed E-state index contributed by atoms with van der Waals surface area (Å²) in [6.45, 7) is 4.08. The Morgan fingerprint density at radius 1 is 1.75 bits per heavy atom. The molecule has 1 amide bonds. The van der Waals surface area contributed by atoms with Crippen LogP contribution in [0.25, 0.3) is 0 Å². The number of amides is 1. The zero-order valence-corrected chi connectivity index (χ0v) is 7.26. The SMILES string of the molecule is CCC(=O)NCc1ocnc1C. The van der Waals surface area contributed by atoms with E-state index >= 15 is 0 Å². The van der Waals surface area contributed by atoms with Gasteiger partial charge in [-0.1, -0.05) is 6.92 Å². The van der Waals surface area contributed by atoms with Gasteiger partial charge in [0, 0.05) is 6.42 Å². The third-order valence-corrected chi connectivity index (χ3v) is 1.61. The number of carbonyl (C=O) groups is 1. The van der Waals surface area contributed by atoms with Crippen molar-refractivity contribution in [2.24, 2.45) is 0 Å². The molecular formula is C8H12N2O2. The van der Waals surface area contributed by atoms with Crippen LogP contribution in [-0.2, 0) is 11.3 Å². The van der Waals surface area contributed by atoms with Crippen LogP contribution in [0.5, 0.6) is 0 Å². The Morgan fingerprint density at radius 2 is 2.50 bits per heavy atom. The summed E-state index contributed by atoms with van der Waals surface area (Å²) in [5.74, 6) is 0.739. The summed E-state index contributed by atoms with van der Waals surface area (Å²) >= 11 is 0. The Balaban J connectivity index is 2.43. The smallest absolute Gasteiger partial charge is 0.220 e. The van der Waals surface area contributed by atoms with E-state index in [0.29, 0.717) is 13.0 Å². The van der Waals surface area contributed by atoms with Crippen LogP contribution in [0.4, 0.5) is 0 Å². The van der Waals surface area contributed by atoms with Gasteiger partial charge in [-0.15, -0.1) is 0 Å². The molecule has 0 saturated heterocycles. The van der Waals surface area contributed by atoms with Crippen LogP contribution < -0.4 is 5.32 Å². The minimum atomic E-state index is 0.0193. The first kappa shape index (κ1) is 8.77. The standard InChI is InChI=1S/C8H12N2O2/c1-3-8(11)9-4-7-6(2)10-5-12-7/h5H,3-4H2,1-2H3,(H,9,11). The zero-order valence-electron chi connectivity index (χ0n) is 7.26. The molecule has 1 rings (SSSR count). The molecule has 66 valence electrons. The lowest BCUT2D eigenvalue weighted by atomic mass is 10.3. The van der Waals surface area contributed by atoms with Gasteiger partial charge >= 0.3 is 0 Å². The summed E-state index contributed by atoms with van der Waals surface area (Å²) in [6.07, 6.45) is 1.87. The first-order chi connectivity index (χ1) is 5.74. The third kappa shape index (κ3) is 2.08. The highest BCUT2D eigenvalue weighted by molar-refractivity contribution is 5.75. The van der Waals surface area contributed by atoms with E-state index in [2.05, 4.69) is 10.3 Å². The van der Waals surface area contributed by atoms with Gasteiger partial charge in [0.15, 0.2) is 6.39 Å². The Hall–Kier alpha value is -1.32. The van der Waals surface area contributed by atoms with Gasteiger partial charge in [0.1, 0.15) is 5.76 Å². The molecule has 0 spiro atoms. The molecule has 1 aromatic heterocycles. The number of rotatable bonds is 3. The Bertz CT molecular complexity index is 268. The second-order valence-electron chi connectivity index (χ2n) is 2.49. The fourth-order valence-corrected chi connectivity index (χ4v) is 0.800. The topological polar surface area (TPSA) is 55.1 Å². The maximum atomic E-state index is 10.8. The lowest BCUT2D eigenvalue weighted by molar-refractivity contribution is -0.121. The fraction of sp³-hybridized carbons (Fsp3) is 0.500. The van der Waals surface area contributed by atoms with Gasteiger partial charge in [0.05, 0.1) is 12.2 Å². The van der Waals surface area contributed by atoms with Gasteiger partial charge in [0.2, 0.25) is 5.91 Å². The van der Waals surface area contributed by atoms with Crippen LogP contribution in [-0.4, -0.2) is 10.9 Å². The minimum Gasteiger partial charge on any atom is -0.446 e. The number of nitrogens with zero attached hydrogens (tertiary/aromatic N) is 1. The molecule has 1 N–H and O–H groups in total. The van der Waals surface area contributed by atoms with Crippen molar-refractivity contribution in [1.82, 2.24) is 10.3 Å². The van der Waals surface area contributed by atoms with Gasteiger partial charge in [-0.3, -0.25) is 4.79 Å². The van der Waals surface area contributed by atoms with Crippen LogP contribution in [0.3, 0.4) is 0 Å². The van der Waals surface area contributed by atoms with Crippen LogP contribution in [0, 0.1) is 6.92 Å². The lowest BCUT2D eigenvalue weighted by Crippen LogP contribution is -2.21. The van der Waals surface area contributed by atoms with Crippen molar-refractivity contribution in [3.63, 3.8) is 0 Å². The van der Waals surface area contributed by atoms with Crippen molar-refractivity contribution in [2.75, 3.05) is 0 Å². The molecule has 0 atom stereocenters. The second kappa shape index (κ2) is 3.90. The number of hydrogen-bond donors (Lipinski definition) is 1. The summed E-state index contributed by atoms with van der Waals surface area (Å²) in [5, 5.41) is 2.70. The van der Waals surface area contributed by atoms with Gasteiger partial charge < -0.3 is 9.73 Å². The summed E-state index contributed by atoms with van der Waals surface area (Å²) in [6, 6.07) is 0. The third-order valence-electron chi connectivity index (χ3n) is 1.61. The van der Waals surface area contributed by atoms with E-state index in [0.717, 1.165) is 11.5 Å². The molecule has 4 heteroatoms. The molecule has 0 aromatic carbocycles. The second-order valence-corrected chi connectivity index (χ2v) is 2.49. The van der Waals surface area contributed by atoms with E-state index in [1.807, 2.05) is 13.8 Å². The van der Waals surface area contributed by atoms with Gasteiger partial charge in [0.25, 0.3) is 0 Å². The first-order valence-electron chi connectivity index (χ1n) is 3.89. The number of carbonyl (C=O) groups excluding carboxylic acids is 1. The van der Waals surface area contributed by atoms with Crippen molar-refractivity contribution in [2.45, 2.75) is 26.8 Å². The Labute approximate surface area is 71.0 Å². The molecule has 0 bridgehead atoms. The largest absolute Gasteiger partial charge is 0.446 e. The van der Waals surface area contributed by atoms with Gasteiger partial charge in [-0.05, 0) is 6.92 Å². The van der Waals surface area contributed by atoms with E-state index in [1.54, 1.807) is 0 Å². The zero-order chi connectivity index (χ0) is 8.97. The molecule has 4 nitrogen and oxygen atoms in total. The number of oxazole rings is 1. The van der Waals surface area contributed by atoms with E-state index in [1.165, 1.54) is 6.39 Å². The van der Waals surface area contributed by atoms with E-state index in [9.17, 15) is 4.79 Å². The van der Waals surface area contributed by atoms with E-state index in [4.69, 9.17) is 4.42 Å². The molecule has 0 fully saturated rings. The van der Waals surface area contributed by atoms with Crippen molar-refractivity contribution < 1.29 is 9.21 Å². The molecule has 1 heterocycles. The Kier molecular flexibility index (Phi) is 2.85. The normalized spacial score (nSPS) is 9.83. The summed E-state index contributed by atoms with van der Waals surface area (Å²) in [5.41, 5.74) is 0.825. The maximum Gasteiger partial charge on any atom is 0.220 e. The van der Waals surface area contributed by atoms with Crippen LogP contribution in [0.15, 0.2) is 10.8 Å². The monoisotopic (exact) mass is 168 g/mol. The molecule has 1 aromatic rings.